The molecule has 2 amide bonds. The Balaban J connectivity index is 1.81. The van der Waals surface area contributed by atoms with E-state index in [9.17, 15) is 9.59 Å². The van der Waals surface area contributed by atoms with E-state index in [1.54, 1.807) is 27.9 Å². The number of carbonyl (C=O) groups is 2. The number of aromatic nitrogens is 2. The molecule has 1 N–H and O–H groups in total. The molecule has 0 saturated carbocycles. The molecule has 1 aromatic heterocycles. The summed E-state index contributed by atoms with van der Waals surface area (Å²) < 4.78 is 1.68. The minimum absolute atomic E-state index is 0.0251. The first-order valence-corrected chi connectivity index (χ1v) is 10.0. The maximum Gasteiger partial charge on any atom is 0.243 e. The lowest BCUT2D eigenvalue weighted by Crippen LogP contribution is -2.46. The highest BCUT2D eigenvalue weighted by Gasteiger charge is 2.58. The molecule has 7 heteroatoms. The summed E-state index contributed by atoms with van der Waals surface area (Å²) in [6, 6.07) is 13.2. The van der Waals surface area contributed by atoms with Crippen molar-refractivity contribution in [2.75, 3.05) is 16.8 Å². The molecule has 30 heavy (non-hydrogen) atoms. The van der Waals surface area contributed by atoms with Gasteiger partial charge in [-0.05, 0) is 30.7 Å². The fraction of sp³-hybridized carbons (Fsp3) is 0.174. The van der Waals surface area contributed by atoms with Crippen LogP contribution in [-0.4, -0.2) is 28.1 Å². The molecule has 2 aliphatic heterocycles. The number of carbonyl (C=O) groups excluding carboxylic acids is 2. The van der Waals surface area contributed by atoms with E-state index in [0.717, 1.165) is 11.3 Å². The van der Waals surface area contributed by atoms with Crippen LogP contribution in [0.25, 0.3) is 5.69 Å². The lowest BCUT2D eigenvalue weighted by atomic mass is 9.71. The fourth-order valence-corrected chi connectivity index (χ4v) is 4.94. The van der Waals surface area contributed by atoms with Crippen LogP contribution in [0.4, 0.5) is 11.5 Å². The second-order valence-electron chi connectivity index (χ2n) is 7.57. The van der Waals surface area contributed by atoms with Crippen molar-refractivity contribution in [2.45, 2.75) is 18.8 Å². The van der Waals surface area contributed by atoms with Crippen molar-refractivity contribution in [3.8, 4) is 5.69 Å². The number of nitrogens with zero attached hydrogens (tertiary/aromatic N) is 3. The number of nitrogens with one attached hydrogen (secondary N) is 1. The maximum atomic E-state index is 13.8. The van der Waals surface area contributed by atoms with Crippen molar-refractivity contribution in [1.82, 2.24) is 9.78 Å². The monoisotopic (exact) mass is 418 g/mol. The lowest BCUT2D eigenvalue weighted by Gasteiger charge is -2.32. The highest BCUT2D eigenvalue weighted by Crippen LogP contribution is 2.54. The van der Waals surface area contributed by atoms with Crippen LogP contribution >= 0.6 is 11.6 Å². The average Bonchev–Trinajstić information content (AvgIpc) is 3.23. The lowest BCUT2D eigenvalue weighted by molar-refractivity contribution is -0.126. The molecule has 1 unspecified atom stereocenters. The molecule has 3 aromatic rings. The van der Waals surface area contributed by atoms with Gasteiger partial charge in [0.25, 0.3) is 0 Å². The van der Waals surface area contributed by atoms with Crippen LogP contribution in [0.15, 0.2) is 61.3 Å². The van der Waals surface area contributed by atoms with Gasteiger partial charge in [0.15, 0.2) is 0 Å². The molecular weight excluding hydrogens is 400 g/mol. The highest BCUT2D eigenvalue weighted by atomic mass is 35.5. The average molecular weight is 419 g/mol. The number of aryl methyl sites for hydroxylation is 1. The molecule has 1 atom stereocenters. The minimum atomic E-state index is -1.21. The first kappa shape index (κ1) is 18.6. The molecule has 3 heterocycles. The Hall–Kier alpha value is -3.38. The number of hydrogen-bond donors (Lipinski definition) is 1. The third-order valence-electron chi connectivity index (χ3n) is 5.89. The first-order valence-electron chi connectivity index (χ1n) is 9.65. The summed E-state index contributed by atoms with van der Waals surface area (Å²) in [4.78, 5) is 28.3. The number of halogens is 1. The summed E-state index contributed by atoms with van der Waals surface area (Å²) in [6.45, 7) is 6.08. The van der Waals surface area contributed by atoms with E-state index in [1.807, 2.05) is 43.3 Å². The summed E-state index contributed by atoms with van der Waals surface area (Å²) in [5.74, 6) is 0.0589. The summed E-state index contributed by atoms with van der Waals surface area (Å²) in [6.07, 6.45) is 3.31. The molecule has 5 rings (SSSR count). The predicted octanol–water partition coefficient (Wildman–Crippen LogP) is 4.00. The number of para-hydroxylation sites is 1. The summed E-state index contributed by atoms with van der Waals surface area (Å²) in [5, 5.41) is 7.94. The predicted molar refractivity (Wildman–Crippen MR) is 116 cm³/mol. The van der Waals surface area contributed by atoms with E-state index in [4.69, 9.17) is 11.6 Å². The Labute approximate surface area is 178 Å². The van der Waals surface area contributed by atoms with Gasteiger partial charge in [0.1, 0.15) is 11.2 Å². The normalized spacial score (nSPS) is 19.6. The van der Waals surface area contributed by atoms with Crippen LogP contribution in [0.5, 0.6) is 0 Å². The summed E-state index contributed by atoms with van der Waals surface area (Å²) in [7, 11) is 0. The smallest absolute Gasteiger partial charge is 0.243 e. The van der Waals surface area contributed by atoms with Crippen LogP contribution in [0.3, 0.4) is 0 Å². The Kier molecular flexibility index (Phi) is 4.08. The zero-order valence-electron chi connectivity index (χ0n) is 16.4. The number of fused-ring (bicyclic) bond motifs is 4. The quantitative estimate of drug-likeness (QED) is 0.654. The molecule has 2 aliphatic rings. The number of hydrogen-bond acceptors (Lipinski definition) is 3. The zero-order chi connectivity index (χ0) is 21.0. The van der Waals surface area contributed by atoms with Crippen LogP contribution in [0.2, 0.25) is 5.02 Å². The van der Waals surface area contributed by atoms with Crippen LogP contribution in [0.1, 0.15) is 23.1 Å². The van der Waals surface area contributed by atoms with Gasteiger partial charge in [-0.2, -0.15) is 5.10 Å². The van der Waals surface area contributed by atoms with E-state index >= 15 is 0 Å². The van der Waals surface area contributed by atoms with Crippen molar-refractivity contribution >= 4 is 34.9 Å². The molecule has 0 bridgehead atoms. The van der Waals surface area contributed by atoms with E-state index in [-0.39, 0.29) is 18.2 Å². The van der Waals surface area contributed by atoms with E-state index in [0.29, 0.717) is 34.2 Å². The molecule has 0 radical (unpaired) electrons. The van der Waals surface area contributed by atoms with Gasteiger partial charge in [-0.1, -0.05) is 41.9 Å². The number of amides is 2. The molecule has 2 aromatic carbocycles. The van der Waals surface area contributed by atoms with Crippen molar-refractivity contribution in [1.29, 1.82) is 0 Å². The van der Waals surface area contributed by atoms with Crippen LogP contribution < -0.4 is 10.2 Å². The fourth-order valence-electron chi connectivity index (χ4n) is 4.61. The maximum absolute atomic E-state index is 13.8. The summed E-state index contributed by atoms with van der Waals surface area (Å²) >= 11 is 6.62. The minimum Gasteiger partial charge on any atom is -0.310 e. The van der Waals surface area contributed by atoms with E-state index in [2.05, 4.69) is 17.0 Å². The van der Waals surface area contributed by atoms with Crippen molar-refractivity contribution in [2.24, 2.45) is 0 Å². The Bertz CT molecular complexity index is 1230. The standard InChI is InChI=1S/C23H19ClN4O2/c1-3-11-27-18-10-6-8-16(24)20(18)23(22(27)30)12-19(29)26-21-15(23)13-25-28(21)17-9-5-4-7-14(17)2/h3-10,13H,1,11-12H2,2H3,(H,26,29). The van der Waals surface area contributed by atoms with Crippen molar-refractivity contribution in [3.05, 3.63) is 83.0 Å². The van der Waals surface area contributed by atoms with Gasteiger partial charge in [0, 0.05) is 29.1 Å². The van der Waals surface area contributed by atoms with Gasteiger partial charge in [0.2, 0.25) is 11.8 Å². The third-order valence-corrected chi connectivity index (χ3v) is 6.20. The van der Waals surface area contributed by atoms with Crippen molar-refractivity contribution < 1.29 is 9.59 Å². The summed E-state index contributed by atoms with van der Waals surface area (Å²) in [5.41, 5.74) is 2.63. The van der Waals surface area contributed by atoms with Gasteiger partial charge in [-0.25, -0.2) is 4.68 Å². The van der Waals surface area contributed by atoms with E-state index < -0.39 is 5.41 Å². The Morgan fingerprint density at radius 2 is 1.97 bits per heavy atom. The number of benzene rings is 2. The van der Waals surface area contributed by atoms with Crippen molar-refractivity contribution in [3.63, 3.8) is 0 Å². The number of anilines is 2. The molecule has 0 fully saturated rings. The largest absolute Gasteiger partial charge is 0.310 e. The second-order valence-corrected chi connectivity index (χ2v) is 7.98. The van der Waals surface area contributed by atoms with Crippen LogP contribution in [0, 0.1) is 6.92 Å². The van der Waals surface area contributed by atoms with Gasteiger partial charge in [0.05, 0.1) is 17.6 Å². The van der Waals surface area contributed by atoms with Gasteiger partial charge in [-0.15, -0.1) is 6.58 Å². The van der Waals surface area contributed by atoms with Gasteiger partial charge >= 0.3 is 0 Å². The number of rotatable bonds is 3. The molecule has 1 spiro atoms. The zero-order valence-corrected chi connectivity index (χ0v) is 17.1. The third kappa shape index (κ3) is 2.34. The van der Waals surface area contributed by atoms with Crippen LogP contribution in [-0.2, 0) is 15.0 Å². The topological polar surface area (TPSA) is 67.2 Å². The van der Waals surface area contributed by atoms with E-state index in [1.165, 1.54) is 0 Å². The SMILES string of the molecule is C=CCN1C(=O)C2(CC(=O)Nc3c2cnn3-c2ccccc2C)c2c(Cl)cccc21. The second kappa shape index (κ2) is 6.57. The molecule has 150 valence electrons. The molecule has 6 nitrogen and oxygen atoms in total. The molecule has 0 aliphatic carbocycles. The Morgan fingerprint density at radius 1 is 1.20 bits per heavy atom. The first-order chi connectivity index (χ1) is 14.5. The Morgan fingerprint density at radius 3 is 2.73 bits per heavy atom. The molecule has 0 saturated heterocycles. The van der Waals surface area contributed by atoms with Gasteiger partial charge in [-0.3, -0.25) is 9.59 Å². The molecular formula is C23H19ClN4O2. The highest BCUT2D eigenvalue weighted by molar-refractivity contribution is 6.34. The van der Waals surface area contributed by atoms with Gasteiger partial charge < -0.3 is 10.2 Å².